The molecule has 0 N–H and O–H groups in total. The number of piperazine rings is 1. The molecular formula is C21H30N4. The van der Waals surface area contributed by atoms with Gasteiger partial charge in [0.2, 0.25) is 0 Å². The Morgan fingerprint density at radius 1 is 1.00 bits per heavy atom. The second kappa shape index (κ2) is 8.97. The molecule has 1 aliphatic rings. The highest BCUT2D eigenvalue weighted by atomic mass is 15.3. The van der Waals surface area contributed by atoms with Crippen molar-refractivity contribution in [2.45, 2.75) is 19.4 Å². The predicted molar refractivity (Wildman–Crippen MR) is 105 cm³/mol. The van der Waals surface area contributed by atoms with Crippen LogP contribution in [-0.4, -0.2) is 61.1 Å². The first-order chi connectivity index (χ1) is 12.3. The molecule has 0 spiro atoms. The number of para-hydroxylation sites is 1. The van der Waals surface area contributed by atoms with E-state index < -0.39 is 0 Å². The first kappa shape index (κ1) is 17.9. The van der Waals surface area contributed by atoms with Gasteiger partial charge < -0.3 is 4.90 Å². The molecule has 1 aromatic carbocycles. The molecule has 25 heavy (non-hydrogen) atoms. The maximum atomic E-state index is 4.55. The minimum absolute atomic E-state index is 0.409. The Hall–Kier alpha value is -1.91. The number of benzene rings is 1. The molecule has 0 saturated carbocycles. The van der Waals surface area contributed by atoms with Gasteiger partial charge in [0.15, 0.2) is 0 Å². The van der Waals surface area contributed by atoms with E-state index in [-0.39, 0.29) is 0 Å². The summed E-state index contributed by atoms with van der Waals surface area (Å²) in [5.74, 6) is 0. The zero-order chi connectivity index (χ0) is 17.5. The summed E-state index contributed by atoms with van der Waals surface area (Å²) in [4.78, 5) is 12.1. The van der Waals surface area contributed by atoms with E-state index in [2.05, 4.69) is 76.1 Å². The SMILES string of the molecule is CCC(c1ccccn1)N(C)CCN1CCN(c2ccccc2)CC1. The maximum absolute atomic E-state index is 4.55. The standard InChI is InChI=1S/C21H30N4/c1-3-21(20-11-7-8-12-22-20)23(2)13-14-24-15-17-25(18-16-24)19-9-5-4-6-10-19/h4-12,21H,3,13-18H2,1-2H3. The summed E-state index contributed by atoms with van der Waals surface area (Å²) >= 11 is 0. The number of aromatic nitrogens is 1. The van der Waals surface area contributed by atoms with Gasteiger partial charge >= 0.3 is 0 Å². The van der Waals surface area contributed by atoms with Crippen molar-refractivity contribution < 1.29 is 0 Å². The molecule has 3 rings (SSSR count). The lowest BCUT2D eigenvalue weighted by Gasteiger charge is -2.37. The van der Waals surface area contributed by atoms with E-state index in [0.29, 0.717) is 6.04 Å². The Bertz CT molecular complexity index is 608. The molecule has 1 atom stereocenters. The Morgan fingerprint density at radius 3 is 2.36 bits per heavy atom. The smallest absolute Gasteiger partial charge is 0.0575 e. The van der Waals surface area contributed by atoms with Crippen LogP contribution in [0.4, 0.5) is 5.69 Å². The zero-order valence-corrected chi connectivity index (χ0v) is 15.5. The van der Waals surface area contributed by atoms with Gasteiger partial charge in [-0.1, -0.05) is 31.2 Å². The molecule has 0 radical (unpaired) electrons. The minimum atomic E-state index is 0.409. The third-order valence-corrected chi connectivity index (χ3v) is 5.21. The van der Waals surface area contributed by atoms with Crippen molar-refractivity contribution in [2.24, 2.45) is 0 Å². The predicted octanol–water partition coefficient (Wildman–Crippen LogP) is 3.29. The van der Waals surface area contributed by atoms with Crippen molar-refractivity contribution in [1.82, 2.24) is 14.8 Å². The van der Waals surface area contributed by atoms with E-state index in [1.807, 2.05) is 12.3 Å². The number of likely N-dealkylation sites (N-methyl/N-ethyl adjacent to an activating group) is 1. The van der Waals surface area contributed by atoms with E-state index in [9.17, 15) is 0 Å². The Kier molecular flexibility index (Phi) is 6.42. The van der Waals surface area contributed by atoms with Crippen molar-refractivity contribution in [1.29, 1.82) is 0 Å². The maximum Gasteiger partial charge on any atom is 0.0575 e. The Labute approximate surface area is 152 Å². The zero-order valence-electron chi connectivity index (χ0n) is 15.5. The molecule has 1 aliphatic heterocycles. The summed E-state index contributed by atoms with van der Waals surface area (Å²) in [6.07, 6.45) is 2.99. The first-order valence-corrected chi connectivity index (χ1v) is 9.41. The molecule has 1 aromatic heterocycles. The van der Waals surface area contributed by atoms with Crippen LogP contribution in [0.15, 0.2) is 54.7 Å². The lowest BCUT2D eigenvalue weighted by atomic mass is 10.1. The van der Waals surface area contributed by atoms with Crippen LogP contribution in [-0.2, 0) is 0 Å². The average molecular weight is 338 g/mol. The number of anilines is 1. The van der Waals surface area contributed by atoms with Crippen LogP contribution in [0, 0.1) is 0 Å². The van der Waals surface area contributed by atoms with Gasteiger partial charge in [0.05, 0.1) is 11.7 Å². The third kappa shape index (κ3) is 4.80. The highest BCUT2D eigenvalue weighted by Gasteiger charge is 2.20. The van der Waals surface area contributed by atoms with Gasteiger partial charge in [-0.25, -0.2) is 0 Å². The molecule has 0 aliphatic carbocycles. The average Bonchev–Trinajstić information content (AvgIpc) is 2.69. The molecule has 0 bridgehead atoms. The number of hydrogen-bond acceptors (Lipinski definition) is 4. The third-order valence-electron chi connectivity index (χ3n) is 5.21. The fraction of sp³-hybridized carbons (Fsp3) is 0.476. The topological polar surface area (TPSA) is 22.6 Å². The quantitative estimate of drug-likeness (QED) is 0.773. The van der Waals surface area contributed by atoms with E-state index >= 15 is 0 Å². The fourth-order valence-corrected chi connectivity index (χ4v) is 3.64. The molecular weight excluding hydrogens is 308 g/mol. The summed E-state index contributed by atoms with van der Waals surface area (Å²) in [7, 11) is 2.23. The van der Waals surface area contributed by atoms with Crippen molar-refractivity contribution in [2.75, 3.05) is 51.2 Å². The van der Waals surface area contributed by atoms with Gasteiger partial charge in [-0.15, -0.1) is 0 Å². The number of rotatable bonds is 7. The molecule has 1 unspecified atom stereocenters. The lowest BCUT2D eigenvalue weighted by Crippen LogP contribution is -2.48. The largest absolute Gasteiger partial charge is 0.369 e. The van der Waals surface area contributed by atoms with Crippen LogP contribution in [0.5, 0.6) is 0 Å². The summed E-state index contributed by atoms with van der Waals surface area (Å²) in [5, 5.41) is 0. The van der Waals surface area contributed by atoms with Crippen molar-refractivity contribution >= 4 is 5.69 Å². The van der Waals surface area contributed by atoms with Crippen LogP contribution >= 0.6 is 0 Å². The first-order valence-electron chi connectivity index (χ1n) is 9.41. The van der Waals surface area contributed by atoms with Crippen LogP contribution in [0.3, 0.4) is 0 Å². The van der Waals surface area contributed by atoms with E-state index in [1.54, 1.807) is 0 Å². The van der Waals surface area contributed by atoms with E-state index in [0.717, 1.165) is 45.7 Å². The van der Waals surface area contributed by atoms with Crippen molar-refractivity contribution in [3.05, 3.63) is 60.4 Å². The molecule has 2 aromatic rings. The molecule has 4 nitrogen and oxygen atoms in total. The summed E-state index contributed by atoms with van der Waals surface area (Å²) in [5.41, 5.74) is 2.53. The normalized spacial score (nSPS) is 17.0. The van der Waals surface area contributed by atoms with Gasteiger partial charge in [-0.2, -0.15) is 0 Å². The van der Waals surface area contributed by atoms with Gasteiger partial charge in [0, 0.05) is 51.2 Å². The van der Waals surface area contributed by atoms with E-state index in [4.69, 9.17) is 0 Å². The monoisotopic (exact) mass is 338 g/mol. The lowest BCUT2D eigenvalue weighted by molar-refractivity contribution is 0.178. The highest BCUT2D eigenvalue weighted by molar-refractivity contribution is 5.46. The van der Waals surface area contributed by atoms with Crippen LogP contribution in [0.2, 0.25) is 0 Å². The summed E-state index contributed by atoms with van der Waals surface area (Å²) in [6, 6.07) is 17.4. The highest BCUT2D eigenvalue weighted by Crippen LogP contribution is 2.20. The molecule has 2 heterocycles. The van der Waals surface area contributed by atoms with Gasteiger partial charge in [-0.3, -0.25) is 14.8 Å². The van der Waals surface area contributed by atoms with Gasteiger partial charge in [0.25, 0.3) is 0 Å². The molecule has 0 amide bonds. The molecule has 1 saturated heterocycles. The van der Waals surface area contributed by atoms with Gasteiger partial charge in [0.1, 0.15) is 0 Å². The second-order valence-corrected chi connectivity index (χ2v) is 6.82. The second-order valence-electron chi connectivity index (χ2n) is 6.82. The Balaban J connectivity index is 1.46. The van der Waals surface area contributed by atoms with Crippen molar-refractivity contribution in [3.63, 3.8) is 0 Å². The fourth-order valence-electron chi connectivity index (χ4n) is 3.64. The number of nitrogens with zero attached hydrogens (tertiary/aromatic N) is 4. The number of pyridine rings is 1. The molecule has 134 valence electrons. The minimum Gasteiger partial charge on any atom is -0.369 e. The molecule has 4 heteroatoms. The molecule has 1 fully saturated rings. The number of hydrogen-bond donors (Lipinski definition) is 0. The Morgan fingerprint density at radius 2 is 1.72 bits per heavy atom. The summed E-state index contributed by atoms with van der Waals surface area (Å²) < 4.78 is 0. The summed E-state index contributed by atoms with van der Waals surface area (Å²) in [6.45, 7) is 8.97. The van der Waals surface area contributed by atoms with Crippen molar-refractivity contribution in [3.8, 4) is 0 Å². The van der Waals surface area contributed by atoms with Crippen LogP contribution in [0.1, 0.15) is 25.1 Å². The van der Waals surface area contributed by atoms with E-state index in [1.165, 1.54) is 11.4 Å². The van der Waals surface area contributed by atoms with Crippen LogP contribution in [0.25, 0.3) is 0 Å². The van der Waals surface area contributed by atoms with Gasteiger partial charge in [-0.05, 0) is 37.7 Å². The van der Waals surface area contributed by atoms with Crippen LogP contribution < -0.4 is 4.90 Å².